The van der Waals surface area contributed by atoms with Gasteiger partial charge in [-0.2, -0.15) is 17.6 Å². The highest BCUT2D eigenvalue weighted by molar-refractivity contribution is 7.90. The molecule has 1 saturated heterocycles. The fraction of sp³-hybridized carbons (Fsp3) is 0.286. The van der Waals surface area contributed by atoms with Crippen LogP contribution in [0.5, 0.6) is 0 Å². The molecule has 0 unspecified atom stereocenters. The van der Waals surface area contributed by atoms with Crippen LogP contribution in [0.25, 0.3) is 22.4 Å². The van der Waals surface area contributed by atoms with Gasteiger partial charge in [-0.3, -0.25) is 4.90 Å². The quantitative estimate of drug-likeness (QED) is 0.421. The molecule has 1 aliphatic rings. The lowest BCUT2D eigenvalue weighted by Gasteiger charge is -2.15. The summed E-state index contributed by atoms with van der Waals surface area (Å²) in [7, 11) is 2.21. The van der Waals surface area contributed by atoms with Gasteiger partial charge in [0, 0.05) is 30.6 Å². The van der Waals surface area contributed by atoms with Crippen LogP contribution in [-0.2, 0) is 21.3 Å². The number of benzene rings is 2. The Morgan fingerprint density at radius 3 is 2.75 bits per heavy atom. The molecule has 1 fully saturated rings. The Labute approximate surface area is 186 Å². The second kappa shape index (κ2) is 8.49. The Morgan fingerprint density at radius 1 is 1.06 bits per heavy atom. The molecule has 0 atom stereocenters. The maximum Gasteiger partial charge on any atom is 0.283 e. The smallest absolute Gasteiger partial charge is 0.283 e. The van der Waals surface area contributed by atoms with Crippen LogP contribution in [0.1, 0.15) is 12.3 Å². The van der Waals surface area contributed by atoms with Gasteiger partial charge in [-0.1, -0.05) is 29.7 Å². The van der Waals surface area contributed by atoms with Crippen molar-refractivity contribution in [3.63, 3.8) is 0 Å². The standard InChI is InChI=1S/C21H20BN5O4S/c22-15-11-17(21-25-24-20(31-21)14-26-7-4-9-30-10-8-26)18-13-23-27(19(18)12-15)32(28,29)16-5-2-1-3-6-16/h1-3,5-6,11-13H,4,7-10,14H2. The van der Waals surface area contributed by atoms with Gasteiger partial charge in [0.15, 0.2) is 0 Å². The van der Waals surface area contributed by atoms with Crippen molar-refractivity contribution in [1.29, 1.82) is 0 Å². The molecule has 32 heavy (non-hydrogen) atoms. The Bertz CT molecular complexity index is 1350. The minimum absolute atomic E-state index is 0.135. The predicted octanol–water partition coefficient (Wildman–Crippen LogP) is 1.34. The van der Waals surface area contributed by atoms with Crippen LogP contribution in [0.4, 0.5) is 0 Å². The maximum atomic E-state index is 13.1. The van der Waals surface area contributed by atoms with E-state index in [1.807, 2.05) is 0 Å². The van der Waals surface area contributed by atoms with Crippen LogP contribution >= 0.6 is 0 Å². The molecule has 0 bridgehead atoms. The van der Waals surface area contributed by atoms with Crippen molar-refractivity contribution in [2.45, 2.75) is 17.9 Å². The molecule has 2 radical (unpaired) electrons. The van der Waals surface area contributed by atoms with Crippen molar-refractivity contribution < 1.29 is 17.6 Å². The minimum atomic E-state index is -3.89. The van der Waals surface area contributed by atoms with Crippen molar-refractivity contribution in [1.82, 2.24) is 24.3 Å². The molecule has 0 N–H and O–H groups in total. The molecule has 4 aromatic rings. The molecular formula is C21H20BN5O4S. The lowest BCUT2D eigenvalue weighted by molar-refractivity contribution is 0.138. The molecule has 162 valence electrons. The highest BCUT2D eigenvalue weighted by atomic mass is 32.2. The van der Waals surface area contributed by atoms with Gasteiger partial charge in [0.05, 0.1) is 29.8 Å². The zero-order valence-corrected chi connectivity index (χ0v) is 18.0. The van der Waals surface area contributed by atoms with Crippen LogP contribution in [0.15, 0.2) is 58.0 Å². The second-order valence-electron chi connectivity index (χ2n) is 7.55. The van der Waals surface area contributed by atoms with Crippen molar-refractivity contribution in [3.8, 4) is 11.5 Å². The van der Waals surface area contributed by atoms with E-state index in [2.05, 4.69) is 20.2 Å². The number of fused-ring (bicyclic) bond motifs is 1. The van der Waals surface area contributed by atoms with Gasteiger partial charge in [0.2, 0.25) is 11.8 Å². The summed E-state index contributed by atoms with van der Waals surface area (Å²) in [5, 5.41) is 13.0. The molecule has 0 aliphatic carbocycles. The summed E-state index contributed by atoms with van der Waals surface area (Å²) in [4.78, 5) is 2.33. The van der Waals surface area contributed by atoms with E-state index in [9.17, 15) is 8.42 Å². The number of aromatic nitrogens is 4. The normalized spacial score (nSPS) is 15.8. The van der Waals surface area contributed by atoms with Crippen LogP contribution in [-0.4, -0.2) is 66.9 Å². The van der Waals surface area contributed by atoms with Gasteiger partial charge in [-0.15, -0.1) is 10.2 Å². The average Bonchev–Trinajstić information content (AvgIpc) is 3.35. The van der Waals surface area contributed by atoms with Crippen molar-refractivity contribution in [2.75, 3.05) is 26.3 Å². The SMILES string of the molecule is [B]c1cc(-c2nnc(CN3CCCOCC3)o2)c2cnn(S(=O)(=O)c3ccccc3)c2c1. The molecule has 5 rings (SSSR count). The fourth-order valence-electron chi connectivity index (χ4n) is 3.76. The summed E-state index contributed by atoms with van der Waals surface area (Å²) in [5.41, 5.74) is 1.24. The van der Waals surface area contributed by atoms with Gasteiger partial charge in [0.1, 0.15) is 7.85 Å². The molecule has 2 aromatic carbocycles. The molecular weight excluding hydrogens is 429 g/mol. The number of nitrogens with zero attached hydrogens (tertiary/aromatic N) is 5. The van der Waals surface area contributed by atoms with Gasteiger partial charge >= 0.3 is 0 Å². The van der Waals surface area contributed by atoms with E-state index in [4.69, 9.17) is 17.0 Å². The minimum Gasteiger partial charge on any atom is -0.419 e. The molecule has 1 aliphatic heterocycles. The number of rotatable bonds is 5. The lowest BCUT2D eigenvalue weighted by Crippen LogP contribution is -2.25. The van der Waals surface area contributed by atoms with Crippen LogP contribution < -0.4 is 5.46 Å². The van der Waals surface area contributed by atoms with E-state index in [0.717, 1.165) is 30.2 Å². The van der Waals surface area contributed by atoms with Crippen molar-refractivity contribution >= 4 is 34.2 Å². The summed E-state index contributed by atoms with van der Waals surface area (Å²) in [6.07, 6.45) is 2.42. The molecule has 0 saturated carbocycles. The van der Waals surface area contributed by atoms with Gasteiger partial charge in [-0.25, -0.2) is 0 Å². The average molecular weight is 449 g/mol. The first-order valence-corrected chi connectivity index (χ1v) is 11.7. The van der Waals surface area contributed by atoms with E-state index in [-0.39, 0.29) is 10.8 Å². The summed E-state index contributed by atoms with van der Waals surface area (Å²) in [6, 6.07) is 11.4. The third kappa shape index (κ3) is 3.94. The topological polar surface area (TPSA) is 103 Å². The highest BCUT2D eigenvalue weighted by Crippen LogP contribution is 2.29. The van der Waals surface area contributed by atoms with Crippen LogP contribution in [0.3, 0.4) is 0 Å². The fourth-order valence-corrected chi connectivity index (χ4v) is 5.04. The maximum absolute atomic E-state index is 13.1. The number of hydrogen-bond donors (Lipinski definition) is 0. The van der Waals surface area contributed by atoms with E-state index < -0.39 is 10.0 Å². The number of hydrogen-bond acceptors (Lipinski definition) is 8. The molecule has 2 aromatic heterocycles. The molecule has 9 nitrogen and oxygen atoms in total. The van der Waals surface area contributed by atoms with E-state index in [1.54, 1.807) is 30.3 Å². The van der Waals surface area contributed by atoms with E-state index in [1.165, 1.54) is 18.3 Å². The largest absolute Gasteiger partial charge is 0.419 e. The van der Waals surface area contributed by atoms with E-state index >= 15 is 0 Å². The molecule has 11 heteroatoms. The number of ether oxygens (including phenoxy) is 1. The molecule has 0 spiro atoms. The van der Waals surface area contributed by atoms with Crippen molar-refractivity contribution in [2.24, 2.45) is 0 Å². The zero-order chi connectivity index (χ0) is 22.1. The van der Waals surface area contributed by atoms with E-state index in [0.29, 0.717) is 41.0 Å². The van der Waals surface area contributed by atoms with Crippen LogP contribution in [0.2, 0.25) is 0 Å². The molecule has 0 amide bonds. The Kier molecular flexibility index (Phi) is 5.54. The molecule has 3 heterocycles. The Balaban J connectivity index is 1.52. The van der Waals surface area contributed by atoms with Gasteiger partial charge in [0.25, 0.3) is 10.0 Å². The Morgan fingerprint density at radius 2 is 1.91 bits per heavy atom. The monoisotopic (exact) mass is 449 g/mol. The second-order valence-corrected chi connectivity index (χ2v) is 9.32. The highest BCUT2D eigenvalue weighted by Gasteiger charge is 2.23. The summed E-state index contributed by atoms with van der Waals surface area (Å²) in [6.45, 7) is 3.63. The third-order valence-corrected chi connectivity index (χ3v) is 6.93. The summed E-state index contributed by atoms with van der Waals surface area (Å²) in [5.74, 6) is 0.738. The predicted molar refractivity (Wildman–Crippen MR) is 118 cm³/mol. The van der Waals surface area contributed by atoms with Crippen LogP contribution in [0, 0.1) is 0 Å². The van der Waals surface area contributed by atoms with Gasteiger partial charge < -0.3 is 9.15 Å². The van der Waals surface area contributed by atoms with Gasteiger partial charge in [-0.05, 0) is 24.6 Å². The summed E-state index contributed by atoms with van der Waals surface area (Å²) >= 11 is 0. The summed E-state index contributed by atoms with van der Waals surface area (Å²) < 4.78 is 38.6. The first-order chi connectivity index (χ1) is 15.5. The first-order valence-electron chi connectivity index (χ1n) is 10.2. The first kappa shape index (κ1) is 20.9. The zero-order valence-electron chi connectivity index (χ0n) is 17.2. The Hall–Kier alpha value is -3.02. The van der Waals surface area contributed by atoms with Crippen molar-refractivity contribution in [3.05, 3.63) is 54.6 Å². The third-order valence-electron chi connectivity index (χ3n) is 5.32. The lowest BCUT2D eigenvalue weighted by atomic mass is 9.92.